The second-order valence-corrected chi connectivity index (χ2v) is 8.30. The van der Waals surface area contributed by atoms with Crippen molar-refractivity contribution >= 4 is 35.3 Å². The zero-order valence-corrected chi connectivity index (χ0v) is 20.1. The highest BCUT2D eigenvalue weighted by Gasteiger charge is 2.38. The van der Waals surface area contributed by atoms with Crippen molar-refractivity contribution in [2.75, 3.05) is 23.8 Å². The third kappa shape index (κ3) is 7.70. The fourth-order valence-electron chi connectivity index (χ4n) is 3.32. The van der Waals surface area contributed by atoms with Crippen LogP contribution in [0.5, 0.6) is 0 Å². The predicted molar refractivity (Wildman–Crippen MR) is 138 cm³/mol. The number of nitrogens with one attached hydrogen (secondary N) is 2. The SMILES string of the molecule is CCCC(=O)Nc1ccc(C=C(O)C(CO)(CO)C(O)=Cc2ccc(NC(=O)CCC)cc2)cc1. The van der Waals surface area contributed by atoms with Crippen molar-refractivity contribution in [1.82, 2.24) is 0 Å². The van der Waals surface area contributed by atoms with Crippen molar-refractivity contribution in [3.05, 3.63) is 71.2 Å². The van der Waals surface area contributed by atoms with Crippen LogP contribution in [0.25, 0.3) is 12.2 Å². The van der Waals surface area contributed by atoms with E-state index in [1.165, 1.54) is 12.2 Å². The molecule has 0 aliphatic rings. The molecule has 2 rings (SSSR count). The van der Waals surface area contributed by atoms with Crippen molar-refractivity contribution < 1.29 is 30.0 Å². The van der Waals surface area contributed by atoms with Crippen molar-refractivity contribution in [3.8, 4) is 0 Å². The molecule has 0 saturated heterocycles. The summed E-state index contributed by atoms with van der Waals surface area (Å²) < 4.78 is 0. The molecule has 188 valence electrons. The minimum Gasteiger partial charge on any atom is -0.511 e. The lowest BCUT2D eigenvalue weighted by Gasteiger charge is -2.28. The van der Waals surface area contributed by atoms with E-state index in [4.69, 9.17) is 0 Å². The summed E-state index contributed by atoms with van der Waals surface area (Å²) in [5.41, 5.74) is 0.479. The number of aliphatic hydroxyl groups excluding tert-OH is 4. The smallest absolute Gasteiger partial charge is 0.224 e. The zero-order chi connectivity index (χ0) is 25.8. The molecule has 0 spiro atoms. The van der Waals surface area contributed by atoms with Gasteiger partial charge in [0.1, 0.15) is 16.9 Å². The third-order valence-electron chi connectivity index (χ3n) is 5.47. The summed E-state index contributed by atoms with van der Waals surface area (Å²) in [6.45, 7) is 2.34. The number of carbonyl (C=O) groups is 2. The third-order valence-corrected chi connectivity index (χ3v) is 5.47. The van der Waals surface area contributed by atoms with Crippen LogP contribution in [0.4, 0.5) is 11.4 Å². The van der Waals surface area contributed by atoms with Gasteiger partial charge in [0, 0.05) is 24.2 Å². The van der Waals surface area contributed by atoms with Gasteiger partial charge in [0.25, 0.3) is 0 Å². The van der Waals surface area contributed by atoms with Crippen LogP contribution in [0.1, 0.15) is 50.7 Å². The van der Waals surface area contributed by atoms with E-state index < -0.39 is 30.1 Å². The average molecular weight is 483 g/mol. The van der Waals surface area contributed by atoms with Gasteiger partial charge in [-0.25, -0.2) is 0 Å². The lowest BCUT2D eigenvalue weighted by Crippen LogP contribution is -2.34. The van der Waals surface area contributed by atoms with E-state index in [9.17, 15) is 30.0 Å². The van der Waals surface area contributed by atoms with Crippen molar-refractivity contribution in [1.29, 1.82) is 0 Å². The van der Waals surface area contributed by atoms with Gasteiger partial charge in [-0.3, -0.25) is 9.59 Å². The maximum atomic E-state index is 11.7. The minimum atomic E-state index is -1.82. The molecule has 8 heteroatoms. The first-order valence-electron chi connectivity index (χ1n) is 11.6. The van der Waals surface area contributed by atoms with E-state index in [0.29, 0.717) is 35.3 Å². The van der Waals surface area contributed by atoms with Gasteiger partial charge in [-0.2, -0.15) is 0 Å². The molecule has 35 heavy (non-hydrogen) atoms. The van der Waals surface area contributed by atoms with Crippen molar-refractivity contribution in [2.24, 2.45) is 5.41 Å². The first-order chi connectivity index (χ1) is 16.8. The molecule has 6 N–H and O–H groups in total. The Kier molecular flexibility index (Phi) is 10.5. The molecule has 2 aromatic rings. The number of amides is 2. The van der Waals surface area contributed by atoms with Crippen LogP contribution in [-0.4, -0.2) is 45.5 Å². The molecule has 0 radical (unpaired) electrons. The second-order valence-electron chi connectivity index (χ2n) is 8.30. The molecule has 0 unspecified atom stereocenters. The van der Waals surface area contributed by atoms with Gasteiger partial charge in [-0.1, -0.05) is 38.1 Å². The average Bonchev–Trinajstić information content (AvgIpc) is 2.83. The molecule has 0 heterocycles. The van der Waals surface area contributed by atoms with E-state index in [2.05, 4.69) is 10.6 Å². The van der Waals surface area contributed by atoms with Gasteiger partial charge in [0.05, 0.1) is 13.2 Å². The summed E-state index contributed by atoms with van der Waals surface area (Å²) in [4.78, 5) is 23.5. The van der Waals surface area contributed by atoms with Gasteiger partial charge >= 0.3 is 0 Å². The Hall–Kier alpha value is -3.62. The summed E-state index contributed by atoms with van der Waals surface area (Å²) in [6, 6.07) is 13.3. The van der Waals surface area contributed by atoms with Crippen LogP contribution in [0, 0.1) is 5.41 Å². The molecule has 0 aliphatic heterocycles. The van der Waals surface area contributed by atoms with Gasteiger partial charge in [-0.15, -0.1) is 0 Å². The Labute approximate surface area is 205 Å². The van der Waals surface area contributed by atoms with Gasteiger partial charge in [0.2, 0.25) is 11.8 Å². The Balaban J connectivity index is 2.23. The summed E-state index contributed by atoms with van der Waals surface area (Å²) in [6.07, 6.45) is 4.98. The van der Waals surface area contributed by atoms with Crippen LogP contribution in [0.3, 0.4) is 0 Å². The zero-order valence-electron chi connectivity index (χ0n) is 20.1. The highest BCUT2D eigenvalue weighted by atomic mass is 16.3. The van der Waals surface area contributed by atoms with Crippen molar-refractivity contribution in [2.45, 2.75) is 39.5 Å². The molecule has 0 fully saturated rings. The highest BCUT2D eigenvalue weighted by Crippen LogP contribution is 2.34. The summed E-state index contributed by atoms with van der Waals surface area (Å²) in [7, 11) is 0. The molecular weight excluding hydrogens is 448 g/mol. The predicted octanol–water partition coefficient (Wildman–Crippen LogP) is 4.63. The molecule has 0 atom stereocenters. The lowest BCUT2D eigenvalue weighted by atomic mass is 9.83. The molecule has 0 bridgehead atoms. The Morgan fingerprint density at radius 3 is 1.34 bits per heavy atom. The Morgan fingerprint density at radius 1 is 0.714 bits per heavy atom. The molecule has 2 amide bonds. The first-order valence-corrected chi connectivity index (χ1v) is 11.6. The molecule has 8 nitrogen and oxygen atoms in total. The van der Waals surface area contributed by atoms with Gasteiger partial charge in [0.15, 0.2) is 0 Å². The van der Waals surface area contributed by atoms with E-state index in [1.807, 2.05) is 13.8 Å². The largest absolute Gasteiger partial charge is 0.511 e. The first kappa shape index (κ1) is 27.6. The number of carbonyl (C=O) groups excluding carboxylic acids is 2. The maximum absolute atomic E-state index is 11.7. The monoisotopic (exact) mass is 482 g/mol. The quantitative estimate of drug-likeness (QED) is 0.244. The number of benzene rings is 2. The second kappa shape index (κ2) is 13.3. The molecular formula is C27H34N2O6. The van der Waals surface area contributed by atoms with E-state index >= 15 is 0 Å². The summed E-state index contributed by atoms with van der Waals surface area (Å²) in [5.74, 6) is -1.04. The molecule has 0 aliphatic carbocycles. The van der Waals surface area contributed by atoms with E-state index in [-0.39, 0.29) is 11.8 Å². The maximum Gasteiger partial charge on any atom is 0.224 e. The summed E-state index contributed by atoms with van der Waals surface area (Å²) in [5, 5.41) is 47.1. The van der Waals surface area contributed by atoms with Crippen LogP contribution < -0.4 is 10.6 Å². The van der Waals surface area contributed by atoms with E-state index in [0.717, 1.165) is 12.8 Å². The van der Waals surface area contributed by atoms with Crippen LogP contribution in [-0.2, 0) is 9.59 Å². The van der Waals surface area contributed by atoms with Gasteiger partial charge < -0.3 is 31.1 Å². The standard InChI is InChI=1S/C27H34N2O6/c1-3-5-25(34)28-21-11-7-19(8-12-21)15-23(32)27(17-30,18-31)24(33)16-20-9-13-22(14-10-20)29-26(35)6-4-2/h7-16,30-33H,3-6,17-18H2,1-2H3,(H,28,34)(H,29,35). The van der Waals surface area contributed by atoms with Gasteiger partial charge in [-0.05, 0) is 60.4 Å². The lowest BCUT2D eigenvalue weighted by molar-refractivity contribution is -0.117. The van der Waals surface area contributed by atoms with Crippen LogP contribution >= 0.6 is 0 Å². The Bertz CT molecular complexity index is 957. The minimum absolute atomic E-state index is 0.0929. The van der Waals surface area contributed by atoms with Crippen LogP contribution in [0.15, 0.2) is 60.0 Å². The number of anilines is 2. The number of rotatable bonds is 12. The number of hydrogen-bond donors (Lipinski definition) is 6. The number of hydrogen-bond acceptors (Lipinski definition) is 6. The van der Waals surface area contributed by atoms with Crippen LogP contribution in [0.2, 0.25) is 0 Å². The fourth-order valence-corrected chi connectivity index (χ4v) is 3.32. The normalized spacial score (nSPS) is 12.3. The Morgan fingerprint density at radius 2 is 1.06 bits per heavy atom. The fraction of sp³-hybridized carbons (Fsp3) is 0.333. The summed E-state index contributed by atoms with van der Waals surface area (Å²) >= 11 is 0. The molecule has 0 saturated carbocycles. The van der Waals surface area contributed by atoms with E-state index in [1.54, 1.807) is 48.5 Å². The molecule has 0 aromatic heterocycles. The van der Waals surface area contributed by atoms with Crippen molar-refractivity contribution in [3.63, 3.8) is 0 Å². The number of aliphatic hydroxyl groups is 4. The topological polar surface area (TPSA) is 139 Å². The molecule has 2 aromatic carbocycles. The highest BCUT2D eigenvalue weighted by molar-refractivity contribution is 5.91.